The molecule has 0 aliphatic carbocycles. The zero-order valence-electron chi connectivity index (χ0n) is 8.27. The summed E-state index contributed by atoms with van der Waals surface area (Å²) < 4.78 is 30.2. The quantitative estimate of drug-likeness (QED) is 0.784. The number of hydrogen-bond donors (Lipinski definition) is 1. The lowest BCUT2D eigenvalue weighted by Gasteiger charge is -2.04. The SMILES string of the molecule is CC(C)Cc1ccc(S(=O)(=O)O)cc1. The molecule has 1 aromatic carbocycles. The van der Waals surface area contributed by atoms with E-state index in [-0.39, 0.29) is 4.90 Å². The first-order valence-corrected chi connectivity index (χ1v) is 5.90. The van der Waals surface area contributed by atoms with Crippen LogP contribution in [0.25, 0.3) is 0 Å². The molecule has 1 N–H and O–H groups in total. The summed E-state index contributed by atoms with van der Waals surface area (Å²) in [4.78, 5) is -0.0509. The topological polar surface area (TPSA) is 54.4 Å². The third-order valence-corrected chi connectivity index (χ3v) is 2.73. The zero-order chi connectivity index (χ0) is 10.8. The second-order valence-electron chi connectivity index (χ2n) is 3.72. The average Bonchev–Trinajstić information content (AvgIpc) is 2.02. The first-order valence-electron chi connectivity index (χ1n) is 4.46. The third-order valence-electron chi connectivity index (χ3n) is 1.87. The molecule has 0 fully saturated rings. The van der Waals surface area contributed by atoms with Crippen LogP contribution in [0.3, 0.4) is 0 Å². The van der Waals surface area contributed by atoms with Gasteiger partial charge in [-0.1, -0.05) is 26.0 Å². The van der Waals surface area contributed by atoms with Crippen LogP contribution in [-0.2, 0) is 16.5 Å². The molecule has 0 amide bonds. The summed E-state index contributed by atoms with van der Waals surface area (Å²) >= 11 is 0. The molecule has 0 unspecified atom stereocenters. The standard InChI is InChI=1S/C10H14O3S/c1-8(2)7-9-3-5-10(6-4-9)14(11,12)13/h3-6,8H,7H2,1-2H3,(H,11,12,13). The highest BCUT2D eigenvalue weighted by Crippen LogP contribution is 2.12. The summed E-state index contributed by atoms with van der Waals surface area (Å²) in [6.07, 6.45) is 0.908. The van der Waals surface area contributed by atoms with Gasteiger partial charge in [0.1, 0.15) is 0 Å². The number of benzene rings is 1. The van der Waals surface area contributed by atoms with Gasteiger partial charge in [0.15, 0.2) is 0 Å². The Bertz CT molecular complexity index is 390. The highest BCUT2D eigenvalue weighted by atomic mass is 32.2. The zero-order valence-corrected chi connectivity index (χ0v) is 9.08. The van der Waals surface area contributed by atoms with Gasteiger partial charge in [-0.3, -0.25) is 4.55 Å². The van der Waals surface area contributed by atoms with Gasteiger partial charge in [-0.2, -0.15) is 8.42 Å². The molecule has 0 heterocycles. The van der Waals surface area contributed by atoms with Crippen LogP contribution in [0.1, 0.15) is 19.4 Å². The lowest BCUT2D eigenvalue weighted by atomic mass is 10.0. The van der Waals surface area contributed by atoms with Crippen molar-refractivity contribution in [3.8, 4) is 0 Å². The van der Waals surface area contributed by atoms with Crippen LogP contribution < -0.4 is 0 Å². The van der Waals surface area contributed by atoms with Crippen molar-refractivity contribution in [3.63, 3.8) is 0 Å². The van der Waals surface area contributed by atoms with E-state index in [1.54, 1.807) is 12.1 Å². The minimum Gasteiger partial charge on any atom is -0.282 e. The Morgan fingerprint density at radius 1 is 1.21 bits per heavy atom. The monoisotopic (exact) mass is 214 g/mol. The first-order chi connectivity index (χ1) is 6.39. The second-order valence-corrected chi connectivity index (χ2v) is 5.14. The van der Waals surface area contributed by atoms with Crippen molar-refractivity contribution < 1.29 is 13.0 Å². The second kappa shape index (κ2) is 4.11. The summed E-state index contributed by atoms with van der Waals surface area (Å²) in [5.41, 5.74) is 1.08. The van der Waals surface area contributed by atoms with Crippen molar-refractivity contribution in [1.82, 2.24) is 0 Å². The van der Waals surface area contributed by atoms with Crippen LogP contribution in [0.2, 0.25) is 0 Å². The fourth-order valence-corrected chi connectivity index (χ4v) is 1.75. The van der Waals surface area contributed by atoms with E-state index in [1.165, 1.54) is 12.1 Å². The molecule has 0 radical (unpaired) electrons. The Morgan fingerprint density at radius 2 is 1.71 bits per heavy atom. The van der Waals surface area contributed by atoms with E-state index < -0.39 is 10.1 Å². The fourth-order valence-electron chi connectivity index (χ4n) is 1.27. The van der Waals surface area contributed by atoms with Gasteiger partial charge in [-0.05, 0) is 30.0 Å². The molecular weight excluding hydrogens is 200 g/mol. The van der Waals surface area contributed by atoms with Gasteiger partial charge >= 0.3 is 0 Å². The molecule has 0 bridgehead atoms. The molecule has 0 spiro atoms. The molecule has 0 aliphatic heterocycles. The minimum absolute atomic E-state index is 0.0509. The maximum absolute atomic E-state index is 10.7. The largest absolute Gasteiger partial charge is 0.294 e. The highest BCUT2D eigenvalue weighted by molar-refractivity contribution is 7.85. The van der Waals surface area contributed by atoms with Crippen molar-refractivity contribution in [2.24, 2.45) is 5.92 Å². The van der Waals surface area contributed by atoms with Gasteiger partial charge in [0.05, 0.1) is 4.90 Å². The van der Waals surface area contributed by atoms with E-state index in [4.69, 9.17) is 4.55 Å². The predicted octanol–water partition coefficient (Wildman–Crippen LogP) is 2.13. The molecular formula is C10H14O3S. The van der Waals surface area contributed by atoms with Crippen LogP contribution in [0, 0.1) is 5.92 Å². The number of hydrogen-bond acceptors (Lipinski definition) is 2. The highest BCUT2D eigenvalue weighted by Gasteiger charge is 2.08. The van der Waals surface area contributed by atoms with E-state index in [2.05, 4.69) is 13.8 Å². The molecule has 0 atom stereocenters. The van der Waals surface area contributed by atoms with Gasteiger partial charge in [-0.25, -0.2) is 0 Å². The maximum Gasteiger partial charge on any atom is 0.294 e. The smallest absolute Gasteiger partial charge is 0.282 e. The van der Waals surface area contributed by atoms with Gasteiger partial charge < -0.3 is 0 Å². The molecule has 1 aromatic rings. The van der Waals surface area contributed by atoms with Crippen molar-refractivity contribution in [3.05, 3.63) is 29.8 Å². The van der Waals surface area contributed by atoms with Crippen molar-refractivity contribution in [2.75, 3.05) is 0 Å². The Labute approximate surface area is 84.5 Å². The molecule has 0 aromatic heterocycles. The molecule has 0 saturated heterocycles. The Balaban J connectivity index is 2.90. The summed E-state index contributed by atoms with van der Waals surface area (Å²) in [5, 5.41) is 0. The molecule has 78 valence electrons. The van der Waals surface area contributed by atoms with E-state index in [9.17, 15) is 8.42 Å². The Kier molecular flexibility index (Phi) is 3.29. The van der Waals surface area contributed by atoms with Gasteiger partial charge in [-0.15, -0.1) is 0 Å². The van der Waals surface area contributed by atoms with Gasteiger partial charge in [0.25, 0.3) is 10.1 Å². The van der Waals surface area contributed by atoms with E-state index >= 15 is 0 Å². The molecule has 3 nitrogen and oxygen atoms in total. The third kappa shape index (κ3) is 3.12. The minimum atomic E-state index is -4.05. The first kappa shape index (κ1) is 11.2. The van der Waals surface area contributed by atoms with E-state index in [0.29, 0.717) is 5.92 Å². The normalized spacial score (nSPS) is 12.0. The van der Waals surface area contributed by atoms with Crippen LogP contribution in [0.5, 0.6) is 0 Å². The Hall–Kier alpha value is -0.870. The van der Waals surface area contributed by atoms with Crippen LogP contribution in [0.4, 0.5) is 0 Å². The van der Waals surface area contributed by atoms with Crippen molar-refractivity contribution in [1.29, 1.82) is 0 Å². The van der Waals surface area contributed by atoms with Crippen LogP contribution in [-0.4, -0.2) is 13.0 Å². The predicted molar refractivity (Wildman–Crippen MR) is 54.8 cm³/mol. The average molecular weight is 214 g/mol. The van der Waals surface area contributed by atoms with Gasteiger partial charge in [0, 0.05) is 0 Å². The van der Waals surface area contributed by atoms with Crippen molar-refractivity contribution >= 4 is 10.1 Å². The maximum atomic E-state index is 10.7. The molecule has 4 heteroatoms. The van der Waals surface area contributed by atoms with Crippen LogP contribution >= 0.6 is 0 Å². The molecule has 0 aliphatic rings. The molecule has 0 saturated carbocycles. The van der Waals surface area contributed by atoms with Gasteiger partial charge in [0.2, 0.25) is 0 Å². The fraction of sp³-hybridized carbons (Fsp3) is 0.400. The van der Waals surface area contributed by atoms with Crippen molar-refractivity contribution in [2.45, 2.75) is 25.2 Å². The molecule has 1 rings (SSSR count). The Morgan fingerprint density at radius 3 is 2.07 bits per heavy atom. The summed E-state index contributed by atoms with van der Waals surface area (Å²) in [5.74, 6) is 0.534. The lowest BCUT2D eigenvalue weighted by Crippen LogP contribution is -1.99. The van der Waals surface area contributed by atoms with E-state index in [0.717, 1.165) is 12.0 Å². The summed E-state index contributed by atoms with van der Waals surface area (Å²) in [6, 6.07) is 6.30. The number of rotatable bonds is 3. The summed E-state index contributed by atoms with van der Waals surface area (Å²) in [6.45, 7) is 4.19. The lowest BCUT2D eigenvalue weighted by molar-refractivity contribution is 0.483. The van der Waals surface area contributed by atoms with E-state index in [1.807, 2.05) is 0 Å². The van der Waals surface area contributed by atoms with Crippen LogP contribution in [0.15, 0.2) is 29.2 Å². The summed E-state index contributed by atoms with van der Waals surface area (Å²) in [7, 11) is -4.05. The molecule has 14 heavy (non-hydrogen) atoms.